The molecule has 0 unspecified atom stereocenters. The molecular formula is C27H31Cl2N5. The number of fused-ring (bicyclic) bond motifs is 10. The Labute approximate surface area is 211 Å². The highest BCUT2D eigenvalue weighted by Gasteiger charge is 2.21. The molecule has 6 aromatic rings. The molecule has 34 heavy (non-hydrogen) atoms. The van der Waals surface area contributed by atoms with Crippen molar-refractivity contribution in [1.29, 1.82) is 0 Å². The number of aromatic nitrogens is 4. The summed E-state index contributed by atoms with van der Waals surface area (Å²) in [5.74, 6) is 0. The van der Waals surface area contributed by atoms with E-state index in [-0.39, 0.29) is 24.8 Å². The summed E-state index contributed by atoms with van der Waals surface area (Å²) in [5, 5.41) is 12.9. The lowest BCUT2D eigenvalue weighted by molar-refractivity contribution is 0.295. The van der Waals surface area contributed by atoms with E-state index in [4.69, 9.17) is 4.98 Å². The van der Waals surface area contributed by atoms with E-state index in [1.807, 2.05) is 0 Å². The van der Waals surface area contributed by atoms with E-state index in [9.17, 15) is 0 Å². The first kappa shape index (κ1) is 24.4. The number of aryl methyl sites for hydroxylation is 1. The fourth-order valence-electron chi connectivity index (χ4n) is 5.42. The number of rotatable bonds is 7. The molecule has 0 saturated carbocycles. The third-order valence-electron chi connectivity index (χ3n) is 7.04. The zero-order valence-corrected chi connectivity index (χ0v) is 21.2. The van der Waals surface area contributed by atoms with Crippen LogP contribution in [0.25, 0.3) is 54.5 Å². The molecule has 6 rings (SSSR count). The third-order valence-corrected chi connectivity index (χ3v) is 7.04. The second kappa shape index (κ2) is 9.87. The molecule has 0 aliphatic carbocycles. The topological polar surface area (TPSA) is 52.6 Å². The smallest absolute Gasteiger partial charge is 0.0967 e. The lowest BCUT2D eigenvalue weighted by Crippen LogP contribution is -2.24. The molecule has 5 nitrogen and oxygen atoms in total. The number of halogens is 2. The van der Waals surface area contributed by atoms with Gasteiger partial charge in [0.05, 0.1) is 22.1 Å². The van der Waals surface area contributed by atoms with Crippen LogP contribution in [-0.2, 0) is 6.54 Å². The van der Waals surface area contributed by atoms with Gasteiger partial charge in [-0.15, -0.1) is 24.8 Å². The molecule has 3 heterocycles. The maximum Gasteiger partial charge on any atom is 0.0967 e. The minimum absolute atomic E-state index is 0. The van der Waals surface area contributed by atoms with Crippen LogP contribution in [0.4, 0.5) is 0 Å². The Morgan fingerprint density at radius 2 is 1.59 bits per heavy atom. The molecule has 3 aromatic carbocycles. The summed E-state index contributed by atoms with van der Waals surface area (Å²) in [5.41, 5.74) is 5.89. The number of unbranched alkanes of at least 4 members (excludes halogenated alkanes) is 1. The highest BCUT2D eigenvalue weighted by molar-refractivity contribution is 6.34. The number of benzene rings is 3. The highest BCUT2D eigenvalue weighted by atomic mass is 35.5. The fourth-order valence-corrected chi connectivity index (χ4v) is 5.42. The quantitative estimate of drug-likeness (QED) is 0.228. The van der Waals surface area contributed by atoms with Gasteiger partial charge in [0.2, 0.25) is 0 Å². The molecule has 2 N–H and O–H groups in total. The highest BCUT2D eigenvalue weighted by Crippen LogP contribution is 2.42. The average molecular weight is 496 g/mol. The van der Waals surface area contributed by atoms with E-state index < -0.39 is 0 Å². The monoisotopic (exact) mass is 495 g/mol. The van der Waals surface area contributed by atoms with Crippen LogP contribution in [0.1, 0.15) is 26.7 Å². The molecular weight excluding hydrogens is 465 g/mol. The van der Waals surface area contributed by atoms with Gasteiger partial charge in [-0.1, -0.05) is 50.2 Å². The van der Waals surface area contributed by atoms with Gasteiger partial charge in [0.25, 0.3) is 0 Å². The number of nitrogens with zero attached hydrogens (tertiary/aromatic N) is 3. The molecule has 0 atom stereocenters. The first-order valence-electron chi connectivity index (χ1n) is 11.8. The van der Waals surface area contributed by atoms with Crippen molar-refractivity contribution in [3.8, 4) is 0 Å². The van der Waals surface area contributed by atoms with Crippen molar-refractivity contribution in [3.05, 3.63) is 54.7 Å². The van der Waals surface area contributed by atoms with Gasteiger partial charge in [-0.05, 0) is 44.6 Å². The summed E-state index contributed by atoms with van der Waals surface area (Å²) in [7, 11) is 0. The summed E-state index contributed by atoms with van der Waals surface area (Å²) in [6, 6.07) is 17.3. The van der Waals surface area contributed by atoms with Gasteiger partial charge in [-0.2, -0.15) is 0 Å². The Morgan fingerprint density at radius 1 is 0.853 bits per heavy atom. The number of hydrogen-bond acceptors (Lipinski definition) is 2. The SMILES string of the molecule is CCN(CC)CCCCn1c2ccccc2c2c3[nH][nH]cc3c3c4ccccc4nc3c21.Cl.Cl. The summed E-state index contributed by atoms with van der Waals surface area (Å²) in [4.78, 5) is 7.66. The second-order valence-corrected chi connectivity index (χ2v) is 8.68. The maximum atomic E-state index is 5.16. The van der Waals surface area contributed by atoms with Gasteiger partial charge in [0.15, 0.2) is 0 Å². The Morgan fingerprint density at radius 3 is 2.38 bits per heavy atom. The maximum absolute atomic E-state index is 5.16. The number of H-pyrrole nitrogens is 2. The fraction of sp³-hybridized carbons (Fsp3) is 0.296. The first-order valence-corrected chi connectivity index (χ1v) is 11.8. The van der Waals surface area contributed by atoms with Crippen LogP contribution in [0, 0.1) is 0 Å². The van der Waals surface area contributed by atoms with Crippen molar-refractivity contribution >= 4 is 79.3 Å². The molecule has 7 heteroatoms. The predicted octanol–water partition coefficient (Wildman–Crippen LogP) is 7.27. The zero-order chi connectivity index (χ0) is 21.7. The van der Waals surface area contributed by atoms with Crippen molar-refractivity contribution in [2.75, 3.05) is 19.6 Å². The van der Waals surface area contributed by atoms with Crippen molar-refractivity contribution in [2.45, 2.75) is 33.2 Å². The van der Waals surface area contributed by atoms with Crippen LogP contribution in [0.15, 0.2) is 54.7 Å². The Hall–Kier alpha value is -2.73. The number of hydrogen-bond donors (Lipinski definition) is 2. The molecule has 0 radical (unpaired) electrons. The summed E-state index contributed by atoms with van der Waals surface area (Å²) in [6.45, 7) is 8.90. The summed E-state index contributed by atoms with van der Waals surface area (Å²) < 4.78 is 2.52. The molecule has 0 fully saturated rings. The first-order chi connectivity index (χ1) is 15.8. The van der Waals surface area contributed by atoms with E-state index >= 15 is 0 Å². The molecule has 3 aromatic heterocycles. The zero-order valence-electron chi connectivity index (χ0n) is 19.6. The van der Waals surface area contributed by atoms with Crippen LogP contribution < -0.4 is 0 Å². The molecule has 0 bridgehead atoms. The summed E-state index contributed by atoms with van der Waals surface area (Å²) >= 11 is 0. The van der Waals surface area contributed by atoms with Crippen LogP contribution >= 0.6 is 24.8 Å². The van der Waals surface area contributed by atoms with Crippen LogP contribution in [0.2, 0.25) is 0 Å². The second-order valence-electron chi connectivity index (χ2n) is 8.68. The van der Waals surface area contributed by atoms with E-state index in [1.165, 1.54) is 49.9 Å². The Bertz CT molecular complexity index is 1570. The van der Waals surface area contributed by atoms with Gasteiger partial charge in [0, 0.05) is 45.2 Å². The standard InChI is InChI=1S/C27H29N5.2ClH/c1-3-31(4-2)15-9-10-16-32-22-14-8-6-12-19(22)24-25-20(17-28-30-25)23-18-11-5-7-13-21(18)29-26(23)27(24)32;;/h5-8,11-14,17,28,30H,3-4,9-10,15-16H2,1-2H3;2*1H. The minimum Gasteiger partial charge on any atom is -0.339 e. The van der Waals surface area contributed by atoms with Crippen molar-refractivity contribution in [1.82, 2.24) is 24.6 Å². The summed E-state index contributed by atoms with van der Waals surface area (Å²) in [6.07, 6.45) is 4.44. The van der Waals surface area contributed by atoms with Gasteiger partial charge in [-0.25, -0.2) is 4.98 Å². The lowest BCUT2D eigenvalue weighted by atomic mass is 10.0. The minimum atomic E-state index is 0. The molecule has 0 spiro atoms. The molecule has 178 valence electrons. The molecule has 0 aliphatic heterocycles. The molecule has 0 amide bonds. The van der Waals surface area contributed by atoms with E-state index in [0.29, 0.717) is 0 Å². The third kappa shape index (κ3) is 3.63. The van der Waals surface area contributed by atoms with Gasteiger partial charge in [-0.3, -0.25) is 0 Å². The van der Waals surface area contributed by atoms with Crippen LogP contribution in [0.5, 0.6) is 0 Å². The lowest BCUT2D eigenvalue weighted by Gasteiger charge is -2.17. The van der Waals surface area contributed by atoms with Crippen LogP contribution in [0.3, 0.4) is 0 Å². The molecule has 0 aliphatic rings. The van der Waals surface area contributed by atoms with E-state index in [0.717, 1.165) is 43.6 Å². The van der Waals surface area contributed by atoms with Crippen molar-refractivity contribution < 1.29 is 0 Å². The van der Waals surface area contributed by atoms with Crippen LogP contribution in [-0.4, -0.2) is 44.3 Å². The largest absolute Gasteiger partial charge is 0.339 e. The van der Waals surface area contributed by atoms with Gasteiger partial charge < -0.3 is 19.7 Å². The number of nitrogens with one attached hydrogen (secondary N) is 2. The van der Waals surface area contributed by atoms with Gasteiger partial charge >= 0.3 is 0 Å². The van der Waals surface area contributed by atoms with Crippen molar-refractivity contribution in [2.24, 2.45) is 0 Å². The van der Waals surface area contributed by atoms with E-state index in [2.05, 4.69) is 88.2 Å². The Balaban J connectivity index is 0.00000137. The average Bonchev–Trinajstić information content (AvgIpc) is 3.53. The van der Waals surface area contributed by atoms with Crippen molar-refractivity contribution in [3.63, 3.8) is 0 Å². The van der Waals surface area contributed by atoms with Gasteiger partial charge in [0.1, 0.15) is 0 Å². The number of para-hydroxylation sites is 2. The Kier molecular flexibility index (Phi) is 7.08. The normalized spacial score (nSPS) is 11.7. The predicted molar refractivity (Wildman–Crippen MR) is 150 cm³/mol. The number of aromatic amines is 2. The van der Waals surface area contributed by atoms with E-state index in [1.54, 1.807) is 0 Å². The molecule has 0 saturated heterocycles.